The van der Waals surface area contributed by atoms with E-state index in [9.17, 15) is 13.2 Å². The van der Waals surface area contributed by atoms with Gasteiger partial charge in [-0.15, -0.1) is 0 Å². The highest BCUT2D eigenvalue weighted by Gasteiger charge is 2.22. The molecule has 2 heterocycles. The van der Waals surface area contributed by atoms with Crippen LogP contribution in [0, 0.1) is 0 Å². The van der Waals surface area contributed by atoms with Gasteiger partial charge in [-0.1, -0.05) is 12.1 Å². The molecule has 0 unspecified atom stereocenters. The first kappa shape index (κ1) is 18.1. The SMILES string of the molecule is CS(=O)(=O)Cc1ccc(C(=O)N2CCN(Cc3ccsc3)CC2)cc1. The molecule has 1 amide bonds. The molecule has 0 N–H and O–H groups in total. The van der Waals surface area contributed by atoms with Gasteiger partial charge in [0.25, 0.3) is 5.91 Å². The fourth-order valence-corrected chi connectivity index (χ4v) is 4.44. The summed E-state index contributed by atoms with van der Waals surface area (Å²) in [5.74, 6) is 0.0176. The molecule has 0 bridgehead atoms. The van der Waals surface area contributed by atoms with E-state index in [1.54, 1.807) is 35.6 Å². The Morgan fingerprint density at radius 2 is 1.72 bits per heavy atom. The minimum atomic E-state index is -3.06. The van der Waals surface area contributed by atoms with Crippen LogP contribution in [0.2, 0.25) is 0 Å². The summed E-state index contributed by atoms with van der Waals surface area (Å²) < 4.78 is 22.7. The minimum absolute atomic E-state index is 0.00271. The number of rotatable bonds is 5. The van der Waals surface area contributed by atoms with E-state index in [-0.39, 0.29) is 11.7 Å². The molecule has 134 valence electrons. The lowest BCUT2D eigenvalue weighted by Gasteiger charge is -2.34. The Kier molecular flexibility index (Phi) is 5.56. The Labute approximate surface area is 152 Å². The van der Waals surface area contributed by atoms with E-state index in [1.807, 2.05) is 4.90 Å². The van der Waals surface area contributed by atoms with Crippen LogP contribution >= 0.6 is 11.3 Å². The van der Waals surface area contributed by atoms with E-state index in [2.05, 4.69) is 21.7 Å². The number of nitrogens with zero attached hydrogens (tertiary/aromatic N) is 2. The van der Waals surface area contributed by atoms with E-state index >= 15 is 0 Å². The maximum absolute atomic E-state index is 12.6. The first-order valence-electron chi connectivity index (χ1n) is 8.20. The van der Waals surface area contributed by atoms with Crippen molar-refractivity contribution >= 4 is 27.1 Å². The summed E-state index contributed by atoms with van der Waals surface area (Å²) in [6.45, 7) is 4.11. The fourth-order valence-electron chi connectivity index (χ4n) is 2.98. The summed E-state index contributed by atoms with van der Waals surface area (Å²) in [5, 5.41) is 4.25. The van der Waals surface area contributed by atoms with Gasteiger partial charge in [-0.3, -0.25) is 9.69 Å². The summed E-state index contributed by atoms with van der Waals surface area (Å²) >= 11 is 1.71. The molecule has 1 fully saturated rings. The van der Waals surface area contributed by atoms with Crippen molar-refractivity contribution in [2.75, 3.05) is 32.4 Å². The minimum Gasteiger partial charge on any atom is -0.336 e. The number of sulfone groups is 1. The molecule has 0 spiro atoms. The molecule has 0 aliphatic carbocycles. The van der Waals surface area contributed by atoms with Crippen molar-refractivity contribution in [3.8, 4) is 0 Å². The maximum atomic E-state index is 12.6. The molecule has 2 aromatic rings. The highest BCUT2D eigenvalue weighted by Crippen LogP contribution is 2.14. The van der Waals surface area contributed by atoms with Gasteiger partial charge in [-0.25, -0.2) is 8.42 Å². The second kappa shape index (κ2) is 7.68. The van der Waals surface area contributed by atoms with Crippen molar-refractivity contribution in [3.05, 3.63) is 57.8 Å². The number of carbonyl (C=O) groups is 1. The zero-order valence-corrected chi connectivity index (χ0v) is 15.9. The molecule has 0 saturated carbocycles. The molecule has 3 rings (SSSR count). The quantitative estimate of drug-likeness (QED) is 0.801. The Morgan fingerprint density at radius 1 is 1.04 bits per heavy atom. The van der Waals surface area contributed by atoms with Gasteiger partial charge in [0.05, 0.1) is 5.75 Å². The van der Waals surface area contributed by atoms with Crippen molar-refractivity contribution in [1.82, 2.24) is 9.80 Å². The molecule has 1 aromatic carbocycles. The summed E-state index contributed by atoms with van der Waals surface area (Å²) in [5.41, 5.74) is 2.65. The maximum Gasteiger partial charge on any atom is 0.253 e. The predicted molar refractivity (Wildman–Crippen MR) is 100 cm³/mol. The van der Waals surface area contributed by atoms with Gasteiger partial charge in [0.1, 0.15) is 0 Å². The van der Waals surface area contributed by atoms with Crippen LogP contribution in [0.3, 0.4) is 0 Å². The van der Waals surface area contributed by atoms with Gasteiger partial charge in [0.2, 0.25) is 0 Å². The van der Waals surface area contributed by atoms with E-state index in [0.29, 0.717) is 24.2 Å². The van der Waals surface area contributed by atoms with Crippen LogP contribution in [0.25, 0.3) is 0 Å². The van der Waals surface area contributed by atoms with Gasteiger partial charge < -0.3 is 4.90 Å². The van der Waals surface area contributed by atoms with Crippen molar-refractivity contribution < 1.29 is 13.2 Å². The zero-order valence-electron chi connectivity index (χ0n) is 14.2. The number of piperazine rings is 1. The van der Waals surface area contributed by atoms with Crippen molar-refractivity contribution in [2.45, 2.75) is 12.3 Å². The molecule has 25 heavy (non-hydrogen) atoms. The van der Waals surface area contributed by atoms with Crippen molar-refractivity contribution in [2.24, 2.45) is 0 Å². The zero-order chi connectivity index (χ0) is 17.9. The monoisotopic (exact) mass is 378 g/mol. The lowest BCUT2D eigenvalue weighted by molar-refractivity contribution is 0.0628. The molecule has 1 aromatic heterocycles. The van der Waals surface area contributed by atoms with Crippen LogP contribution in [-0.4, -0.2) is 56.6 Å². The number of hydrogen-bond acceptors (Lipinski definition) is 5. The molecule has 0 radical (unpaired) electrons. The summed E-state index contributed by atoms with van der Waals surface area (Å²) in [7, 11) is -3.06. The largest absolute Gasteiger partial charge is 0.336 e. The van der Waals surface area contributed by atoms with E-state index < -0.39 is 9.84 Å². The Balaban J connectivity index is 1.55. The first-order valence-corrected chi connectivity index (χ1v) is 11.2. The van der Waals surface area contributed by atoms with Crippen LogP contribution in [-0.2, 0) is 22.1 Å². The lowest BCUT2D eigenvalue weighted by Crippen LogP contribution is -2.48. The predicted octanol–water partition coefficient (Wildman–Crippen LogP) is 2.25. The highest BCUT2D eigenvalue weighted by atomic mass is 32.2. The molecule has 7 heteroatoms. The highest BCUT2D eigenvalue weighted by molar-refractivity contribution is 7.89. The van der Waals surface area contributed by atoms with Crippen LogP contribution < -0.4 is 0 Å². The molecular weight excluding hydrogens is 356 g/mol. The Bertz CT molecular complexity index is 807. The first-order chi connectivity index (χ1) is 11.9. The third-order valence-electron chi connectivity index (χ3n) is 4.28. The second-order valence-electron chi connectivity index (χ2n) is 6.47. The standard InChI is InChI=1S/C18H22N2O3S2/c1-25(22,23)14-15-2-4-17(5-3-15)18(21)20-9-7-19(8-10-20)12-16-6-11-24-13-16/h2-6,11,13H,7-10,12,14H2,1H3. The molecule has 1 aliphatic heterocycles. The number of amides is 1. The summed E-state index contributed by atoms with van der Waals surface area (Å²) in [6.07, 6.45) is 1.21. The summed E-state index contributed by atoms with van der Waals surface area (Å²) in [4.78, 5) is 16.8. The fraction of sp³-hybridized carbons (Fsp3) is 0.389. The Hall–Kier alpha value is -1.70. The molecular formula is C18H22N2O3S2. The molecule has 1 aliphatic rings. The smallest absolute Gasteiger partial charge is 0.253 e. The van der Waals surface area contributed by atoms with Crippen LogP contribution in [0.4, 0.5) is 0 Å². The number of thiophene rings is 1. The molecule has 5 nitrogen and oxygen atoms in total. The third kappa shape index (κ3) is 5.14. The van der Waals surface area contributed by atoms with Gasteiger partial charge in [0.15, 0.2) is 9.84 Å². The van der Waals surface area contributed by atoms with Gasteiger partial charge >= 0.3 is 0 Å². The topological polar surface area (TPSA) is 57.7 Å². The van der Waals surface area contributed by atoms with E-state index in [1.165, 1.54) is 11.8 Å². The molecule has 1 saturated heterocycles. The van der Waals surface area contributed by atoms with Crippen LogP contribution in [0.1, 0.15) is 21.5 Å². The average Bonchev–Trinajstić information content (AvgIpc) is 3.07. The molecule has 0 atom stereocenters. The van der Waals surface area contributed by atoms with Gasteiger partial charge in [-0.05, 0) is 40.1 Å². The lowest BCUT2D eigenvalue weighted by atomic mass is 10.1. The Morgan fingerprint density at radius 3 is 2.28 bits per heavy atom. The van der Waals surface area contributed by atoms with Crippen LogP contribution in [0.15, 0.2) is 41.1 Å². The van der Waals surface area contributed by atoms with Gasteiger partial charge in [-0.2, -0.15) is 11.3 Å². The number of hydrogen-bond donors (Lipinski definition) is 0. The van der Waals surface area contributed by atoms with Crippen molar-refractivity contribution in [3.63, 3.8) is 0 Å². The van der Waals surface area contributed by atoms with Gasteiger partial charge in [0, 0.05) is 44.5 Å². The second-order valence-corrected chi connectivity index (χ2v) is 9.39. The van der Waals surface area contributed by atoms with E-state index in [0.717, 1.165) is 19.6 Å². The van der Waals surface area contributed by atoms with Crippen molar-refractivity contribution in [1.29, 1.82) is 0 Å². The summed E-state index contributed by atoms with van der Waals surface area (Å²) in [6, 6.07) is 9.03. The number of carbonyl (C=O) groups excluding carboxylic acids is 1. The third-order valence-corrected chi connectivity index (χ3v) is 5.87. The van der Waals surface area contributed by atoms with Crippen LogP contribution in [0.5, 0.6) is 0 Å². The number of benzene rings is 1. The normalized spacial score (nSPS) is 16.1. The van der Waals surface area contributed by atoms with E-state index in [4.69, 9.17) is 0 Å². The average molecular weight is 379 g/mol.